The molecule has 3 unspecified atom stereocenters. The fourth-order valence-corrected chi connectivity index (χ4v) is 3.29. The number of carbonyl (C=O) groups is 2. The Hall–Kier alpha value is -1.32. The van der Waals surface area contributed by atoms with Crippen molar-refractivity contribution in [2.24, 2.45) is 17.8 Å². The first-order valence-electron chi connectivity index (χ1n) is 6.48. The van der Waals surface area contributed by atoms with E-state index in [4.69, 9.17) is 0 Å². The Morgan fingerprint density at radius 3 is 2.94 bits per heavy atom. The molecule has 2 amide bonds. The summed E-state index contributed by atoms with van der Waals surface area (Å²) in [5, 5.41) is 2.81. The maximum Gasteiger partial charge on any atom is 0.239 e. The number of hydrogen-bond acceptors (Lipinski definition) is 2. The minimum Gasteiger partial charge on any atom is -0.354 e. The molecule has 4 nitrogen and oxygen atoms in total. The lowest BCUT2D eigenvalue weighted by Gasteiger charge is -2.26. The minimum atomic E-state index is -0.0189. The van der Waals surface area contributed by atoms with Gasteiger partial charge in [-0.05, 0) is 31.1 Å². The molecule has 3 rings (SSSR count). The first-order chi connectivity index (χ1) is 8.24. The molecule has 3 atom stereocenters. The van der Waals surface area contributed by atoms with Crippen molar-refractivity contribution in [2.75, 3.05) is 19.6 Å². The second-order valence-electron chi connectivity index (χ2n) is 5.35. The number of amides is 2. The molecule has 4 heteroatoms. The minimum absolute atomic E-state index is 0.0189. The monoisotopic (exact) mass is 234 g/mol. The Bertz CT molecular complexity index is 378. The number of nitrogens with zero attached hydrogens (tertiary/aromatic N) is 1. The van der Waals surface area contributed by atoms with Crippen LogP contribution < -0.4 is 5.32 Å². The summed E-state index contributed by atoms with van der Waals surface area (Å²) in [6, 6.07) is 0. The first kappa shape index (κ1) is 10.8. The molecule has 92 valence electrons. The molecule has 17 heavy (non-hydrogen) atoms. The fraction of sp³-hybridized carbons (Fsp3) is 0.692. The summed E-state index contributed by atoms with van der Waals surface area (Å²) in [6.07, 6.45) is 7.42. The van der Waals surface area contributed by atoms with Crippen molar-refractivity contribution in [3.8, 4) is 0 Å². The molecule has 1 heterocycles. The molecule has 0 radical (unpaired) electrons. The molecule has 1 N–H and O–H groups in total. The van der Waals surface area contributed by atoms with Crippen LogP contribution in [0.25, 0.3) is 0 Å². The van der Waals surface area contributed by atoms with E-state index in [9.17, 15) is 9.59 Å². The number of hydrogen-bond donors (Lipinski definition) is 1. The third-order valence-electron chi connectivity index (χ3n) is 4.17. The number of nitrogens with one attached hydrogen (secondary N) is 1. The molecule has 2 aliphatic carbocycles. The summed E-state index contributed by atoms with van der Waals surface area (Å²) >= 11 is 0. The Morgan fingerprint density at radius 2 is 2.24 bits per heavy atom. The van der Waals surface area contributed by atoms with Gasteiger partial charge in [-0.25, -0.2) is 0 Å². The third-order valence-corrected chi connectivity index (χ3v) is 4.17. The van der Waals surface area contributed by atoms with Gasteiger partial charge in [0.05, 0.1) is 6.54 Å². The van der Waals surface area contributed by atoms with Gasteiger partial charge >= 0.3 is 0 Å². The van der Waals surface area contributed by atoms with Crippen molar-refractivity contribution in [3.05, 3.63) is 12.2 Å². The van der Waals surface area contributed by atoms with Gasteiger partial charge in [0.1, 0.15) is 0 Å². The highest BCUT2D eigenvalue weighted by molar-refractivity contribution is 5.86. The van der Waals surface area contributed by atoms with E-state index in [1.807, 2.05) is 0 Å². The number of carbonyl (C=O) groups excluding carboxylic acids is 2. The lowest BCUT2D eigenvalue weighted by atomic mass is 9.92. The van der Waals surface area contributed by atoms with E-state index in [0.717, 1.165) is 25.8 Å². The second-order valence-corrected chi connectivity index (χ2v) is 5.35. The van der Waals surface area contributed by atoms with E-state index in [1.54, 1.807) is 4.90 Å². The van der Waals surface area contributed by atoms with Gasteiger partial charge in [0, 0.05) is 19.0 Å². The summed E-state index contributed by atoms with van der Waals surface area (Å²) in [6.45, 7) is 1.66. The van der Waals surface area contributed by atoms with Crippen LogP contribution in [-0.2, 0) is 9.59 Å². The van der Waals surface area contributed by atoms with E-state index in [2.05, 4.69) is 17.5 Å². The van der Waals surface area contributed by atoms with E-state index < -0.39 is 0 Å². The molecule has 1 aliphatic heterocycles. The van der Waals surface area contributed by atoms with Gasteiger partial charge in [-0.1, -0.05) is 12.2 Å². The van der Waals surface area contributed by atoms with Gasteiger partial charge in [0.15, 0.2) is 0 Å². The molecule has 0 aromatic heterocycles. The van der Waals surface area contributed by atoms with E-state index >= 15 is 0 Å². The Labute approximate surface area is 101 Å². The first-order valence-corrected chi connectivity index (χ1v) is 6.48. The maximum absolute atomic E-state index is 12.4. The van der Waals surface area contributed by atoms with E-state index in [1.165, 1.54) is 0 Å². The quantitative estimate of drug-likeness (QED) is 0.673. The Kier molecular flexibility index (Phi) is 2.65. The highest BCUT2D eigenvalue weighted by atomic mass is 16.2. The van der Waals surface area contributed by atoms with Gasteiger partial charge < -0.3 is 10.2 Å². The van der Waals surface area contributed by atoms with Crippen LogP contribution in [0.1, 0.15) is 19.3 Å². The zero-order valence-corrected chi connectivity index (χ0v) is 9.89. The van der Waals surface area contributed by atoms with Gasteiger partial charge in [-0.3, -0.25) is 9.59 Å². The molecule has 0 aromatic rings. The summed E-state index contributed by atoms with van der Waals surface area (Å²) in [5.41, 5.74) is 0. The molecule has 0 aromatic carbocycles. The van der Waals surface area contributed by atoms with Crippen LogP contribution in [0.2, 0.25) is 0 Å². The van der Waals surface area contributed by atoms with Crippen LogP contribution in [0.3, 0.4) is 0 Å². The van der Waals surface area contributed by atoms with E-state index in [-0.39, 0.29) is 24.3 Å². The molecule has 3 aliphatic rings. The van der Waals surface area contributed by atoms with Crippen LogP contribution >= 0.6 is 0 Å². The SMILES string of the molecule is O=C1CN(C(=O)C2CC3C=CC2C3)CCCN1. The highest BCUT2D eigenvalue weighted by Gasteiger charge is 2.41. The van der Waals surface area contributed by atoms with Crippen molar-refractivity contribution in [2.45, 2.75) is 19.3 Å². The van der Waals surface area contributed by atoms with Crippen LogP contribution in [0.4, 0.5) is 0 Å². The highest BCUT2D eigenvalue weighted by Crippen LogP contribution is 2.44. The van der Waals surface area contributed by atoms with Crippen molar-refractivity contribution < 1.29 is 9.59 Å². The molecular formula is C13H18N2O2. The molecule has 0 spiro atoms. The third kappa shape index (κ3) is 1.96. The maximum atomic E-state index is 12.4. The fourth-order valence-electron chi connectivity index (χ4n) is 3.29. The van der Waals surface area contributed by atoms with Crippen molar-refractivity contribution in [1.82, 2.24) is 10.2 Å². The zero-order chi connectivity index (χ0) is 11.8. The largest absolute Gasteiger partial charge is 0.354 e. The molecule has 2 bridgehead atoms. The Morgan fingerprint density at radius 1 is 1.35 bits per heavy atom. The standard InChI is InChI=1S/C13H18N2O2/c16-12-8-15(5-1-4-14-12)13(17)11-7-9-2-3-10(11)6-9/h2-3,9-11H,1,4-8H2,(H,14,16). The normalized spacial score (nSPS) is 35.9. The molecule has 1 saturated heterocycles. The number of fused-ring (bicyclic) bond motifs is 2. The summed E-state index contributed by atoms with van der Waals surface area (Å²) in [5.74, 6) is 1.35. The van der Waals surface area contributed by atoms with Crippen LogP contribution in [0, 0.1) is 17.8 Å². The summed E-state index contributed by atoms with van der Waals surface area (Å²) in [4.78, 5) is 25.6. The predicted molar refractivity (Wildman–Crippen MR) is 63.1 cm³/mol. The van der Waals surface area contributed by atoms with E-state index in [0.29, 0.717) is 18.4 Å². The molecule has 1 saturated carbocycles. The lowest BCUT2D eigenvalue weighted by Crippen LogP contribution is -2.41. The van der Waals surface area contributed by atoms with Gasteiger partial charge in [-0.2, -0.15) is 0 Å². The molecular weight excluding hydrogens is 216 g/mol. The summed E-state index contributed by atoms with van der Waals surface area (Å²) in [7, 11) is 0. The molecule has 2 fully saturated rings. The van der Waals surface area contributed by atoms with Crippen LogP contribution in [0.5, 0.6) is 0 Å². The zero-order valence-electron chi connectivity index (χ0n) is 9.89. The number of rotatable bonds is 1. The number of allylic oxidation sites excluding steroid dienone is 2. The predicted octanol–water partition coefficient (Wildman–Crippen LogP) is 0.547. The average Bonchev–Trinajstić information content (AvgIpc) is 2.88. The van der Waals surface area contributed by atoms with Crippen LogP contribution in [-0.4, -0.2) is 36.3 Å². The Balaban J connectivity index is 1.69. The van der Waals surface area contributed by atoms with Gasteiger partial charge in [-0.15, -0.1) is 0 Å². The lowest BCUT2D eigenvalue weighted by molar-refractivity contribution is -0.139. The van der Waals surface area contributed by atoms with Crippen molar-refractivity contribution in [1.29, 1.82) is 0 Å². The summed E-state index contributed by atoms with van der Waals surface area (Å²) < 4.78 is 0. The smallest absolute Gasteiger partial charge is 0.239 e. The van der Waals surface area contributed by atoms with Crippen LogP contribution in [0.15, 0.2) is 12.2 Å². The van der Waals surface area contributed by atoms with Crippen molar-refractivity contribution in [3.63, 3.8) is 0 Å². The average molecular weight is 234 g/mol. The second kappa shape index (κ2) is 4.17. The topological polar surface area (TPSA) is 49.4 Å². The van der Waals surface area contributed by atoms with Gasteiger partial charge in [0.25, 0.3) is 0 Å². The van der Waals surface area contributed by atoms with Crippen molar-refractivity contribution >= 4 is 11.8 Å². The van der Waals surface area contributed by atoms with Gasteiger partial charge in [0.2, 0.25) is 11.8 Å².